The molecule has 0 bridgehead atoms. The van der Waals surface area contributed by atoms with Crippen molar-refractivity contribution in [2.45, 2.75) is 13.3 Å². The Morgan fingerprint density at radius 3 is 2.32 bits per heavy atom. The van der Waals surface area contributed by atoms with Crippen LogP contribution in [0.4, 0.5) is 20.2 Å². The van der Waals surface area contributed by atoms with Crippen LogP contribution in [0, 0.1) is 18.6 Å². The van der Waals surface area contributed by atoms with Crippen LogP contribution >= 0.6 is 0 Å². The highest BCUT2D eigenvalue weighted by Crippen LogP contribution is 2.16. The number of halogens is 2. The number of nitrogen functional groups attached to an aromatic ring is 1. The van der Waals surface area contributed by atoms with Crippen molar-refractivity contribution >= 4 is 11.4 Å². The van der Waals surface area contributed by atoms with Crippen molar-refractivity contribution in [1.29, 1.82) is 0 Å². The Bertz CT molecular complexity index is 490. The Balaban J connectivity index is 1.96. The van der Waals surface area contributed by atoms with E-state index in [0.29, 0.717) is 24.2 Å². The zero-order valence-electron chi connectivity index (χ0n) is 10.7. The largest absolute Gasteiger partial charge is 0.399 e. The van der Waals surface area contributed by atoms with E-state index in [1.807, 2.05) is 25.1 Å². The second kappa shape index (κ2) is 5.69. The molecule has 0 fully saturated rings. The first-order valence-corrected chi connectivity index (χ1v) is 6.09. The number of rotatable bonds is 4. The zero-order chi connectivity index (χ0) is 13.8. The molecule has 0 amide bonds. The van der Waals surface area contributed by atoms with Gasteiger partial charge in [0.05, 0.1) is 0 Å². The van der Waals surface area contributed by atoms with Crippen molar-refractivity contribution in [3.05, 3.63) is 59.2 Å². The molecule has 100 valence electrons. The Morgan fingerprint density at radius 2 is 1.68 bits per heavy atom. The van der Waals surface area contributed by atoms with E-state index in [2.05, 4.69) is 5.32 Å². The van der Waals surface area contributed by atoms with Crippen LogP contribution in [-0.2, 0) is 6.42 Å². The first-order valence-electron chi connectivity index (χ1n) is 6.09. The molecule has 3 N–H and O–H groups in total. The topological polar surface area (TPSA) is 38.0 Å². The number of anilines is 2. The lowest BCUT2D eigenvalue weighted by molar-refractivity contribution is 0.580. The van der Waals surface area contributed by atoms with Gasteiger partial charge in [0.1, 0.15) is 11.6 Å². The van der Waals surface area contributed by atoms with Gasteiger partial charge in [-0.25, -0.2) is 8.78 Å². The molecule has 0 aliphatic heterocycles. The van der Waals surface area contributed by atoms with E-state index in [1.54, 1.807) is 0 Å². The number of hydrogen-bond donors (Lipinski definition) is 2. The number of hydrogen-bond acceptors (Lipinski definition) is 2. The van der Waals surface area contributed by atoms with Crippen molar-refractivity contribution in [3.8, 4) is 0 Å². The molecule has 0 aliphatic rings. The third-order valence-electron chi connectivity index (χ3n) is 2.76. The SMILES string of the molecule is Cc1cc(N)cc(NCCc2cc(F)cc(F)c2)c1. The van der Waals surface area contributed by atoms with Gasteiger partial charge in [0, 0.05) is 24.0 Å². The Hall–Kier alpha value is -2.10. The second-order valence-electron chi connectivity index (χ2n) is 4.59. The van der Waals surface area contributed by atoms with Gasteiger partial charge in [-0.2, -0.15) is 0 Å². The standard InChI is InChI=1S/C15H16F2N2/c1-10-4-14(18)9-15(5-10)19-3-2-11-6-12(16)8-13(17)7-11/h4-9,19H,2-3,18H2,1H3. The molecule has 0 unspecified atom stereocenters. The van der Waals surface area contributed by atoms with E-state index in [0.717, 1.165) is 17.3 Å². The van der Waals surface area contributed by atoms with Gasteiger partial charge in [0.15, 0.2) is 0 Å². The lowest BCUT2D eigenvalue weighted by atomic mass is 10.1. The minimum absolute atomic E-state index is 0.544. The van der Waals surface area contributed by atoms with E-state index in [1.165, 1.54) is 12.1 Å². The number of nitrogens with one attached hydrogen (secondary N) is 1. The lowest BCUT2D eigenvalue weighted by Crippen LogP contribution is -2.06. The van der Waals surface area contributed by atoms with Crippen molar-refractivity contribution in [1.82, 2.24) is 0 Å². The van der Waals surface area contributed by atoms with Gasteiger partial charge in [0.25, 0.3) is 0 Å². The lowest BCUT2D eigenvalue weighted by Gasteiger charge is -2.09. The molecule has 0 saturated heterocycles. The first kappa shape index (κ1) is 13.3. The van der Waals surface area contributed by atoms with E-state index >= 15 is 0 Å². The average Bonchev–Trinajstić information content (AvgIpc) is 2.26. The highest BCUT2D eigenvalue weighted by Gasteiger charge is 2.01. The smallest absolute Gasteiger partial charge is 0.126 e. The van der Waals surface area contributed by atoms with Crippen molar-refractivity contribution in [2.24, 2.45) is 0 Å². The molecule has 19 heavy (non-hydrogen) atoms. The molecule has 2 nitrogen and oxygen atoms in total. The minimum Gasteiger partial charge on any atom is -0.399 e. The maximum atomic E-state index is 13.0. The number of benzene rings is 2. The summed E-state index contributed by atoms with van der Waals surface area (Å²) in [4.78, 5) is 0. The summed E-state index contributed by atoms with van der Waals surface area (Å²) in [6, 6.07) is 9.25. The predicted octanol–water partition coefficient (Wildman–Crippen LogP) is 3.51. The van der Waals surface area contributed by atoms with Crippen LogP contribution in [0.5, 0.6) is 0 Å². The molecular formula is C15H16F2N2. The van der Waals surface area contributed by atoms with Crippen molar-refractivity contribution in [3.63, 3.8) is 0 Å². The van der Waals surface area contributed by atoms with E-state index in [-0.39, 0.29) is 0 Å². The van der Waals surface area contributed by atoms with E-state index in [4.69, 9.17) is 5.73 Å². The summed E-state index contributed by atoms with van der Waals surface area (Å²) in [5.41, 5.74) is 9.05. The van der Waals surface area contributed by atoms with Crippen LogP contribution in [0.25, 0.3) is 0 Å². The van der Waals surface area contributed by atoms with Gasteiger partial charge in [-0.15, -0.1) is 0 Å². The van der Waals surface area contributed by atoms with Gasteiger partial charge in [-0.05, 0) is 54.8 Å². The van der Waals surface area contributed by atoms with Crippen LogP contribution in [0.15, 0.2) is 36.4 Å². The van der Waals surface area contributed by atoms with Crippen molar-refractivity contribution in [2.75, 3.05) is 17.6 Å². The summed E-state index contributed by atoms with van der Waals surface area (Å²) in [5, 5.41) is 3.19. The number of aryl methyl sites for hydroxylation is 1. The summed E-state index contributed by atoms with van der Waals surface area (Å²) in [7, 11) is 0. The van der Waals surface area contributed by atoms with Crippen LogP contribution in [-0.4, -0.2) is 6.54 Å². The molecule has 2 aromatic rings. The van der Waals surface area contributed by atoms with Gasteiger partial charge in [0.2, 0.25) is 0 Å². The summed E-state index contributed by atoms with van der Waals surface area (Å²) >= 11 is 0. The van der Waals surface area contributed by atoms with Gasteiger partial charge in [-0.1, -0.05) is 0 Å². The quantitative estimate of drug-likeness (QED) is 0.827. The fourth-order valence-electron chi connectivity index (χ4n) is 2.02. The Kier molecular flexibility index (Phi) is 4.00. The minimum atomic E-state index is -0.546. The van der Waals surface area contributed by atoms with E-state index < -0.39 is 11.6 Å². The molecule has 0 saturated carbocycles. The Morgan fingerprint density at radius 1 is 1.00 bits per heavy atom. The summed E-state index contributed by atoms with van der Waals surface area (Å²) in [6.07, 6.45) is 0.544. The molecule has 4 heteroatoms. The monoisotopic (exact) mass is 262 g/mol. The molecule has 0 atom stereocenters. The normalized spacial score (nSPS) is 10.5. The molecular weight excluding hydrogens is 246 g/mol. The fourth-order valence-corrected chi connectivity index (χ4v) is 2.02. The van der Waals surface area contributed by atoms with Crippen LogP contribution in [0.1, 0.15) is 11.1 Å². The maximum Gasteiger partial charge on any atom is 0.126 e. The first-order chi connectivity index (χ1) is 9.02. The third kappa shape index (κ3) is 3.95. The van der Waals surface area contributed by atoms with Gasteiger partial charge >= 0.3 is 0 Å². The maximum absolute atomic E-state index is 13.0. The molecule has 2 rings (SSSR count). The zero-order valence-corrected chi connectivity index (χ0v) is 10.7. The molecule has 0 aliphatic carbocycles. The Labute approximate surface area is 111 Å². The predicted molar refractivity (Wildman–Crippen MR) is 74.1 cm³/mol. The molecule has 0 heterocycles. The second-order valence-corrected chi connectivity index (χ2v) is 4.59. The molecule has 0 radical (unpaired) electrons. The van der Waals surface area contributed by atoms with Crippen LogP contribution in [0.2, 0.25) is 0 Å². The van der Waals surface area contributed by atoms with Gasteiger partial charge < -0.3 is 11.1 Å². The highest BCUT2D eigenvalue weighted by atomic mass is 19.1. The van der Waals surface area contributed by atoms with E-state index in [9.17, 15) is 8.78 Å². The molecule has 0 spiro atoms. The molecule has 2 aromatic carbocycles. The summed E-state index contributed by atoms with van der Waals surface area (Å²) < 4.78 is 26.0. The van der Waals surface area contributed by atoms with Crippen LogP contribution in [0.3, 0.4) is 0 Å². The van der Waals surface area contributed by atoms with Crippen molar-refractivity contribution < 1.29 is 8.78 Å². The number of nitrogens with two attached hydrogens (primary N) is 1. The van der Waals surface area contributed by atoms with Crippen LogP contribution < -0.4 is 11.1 Å². The fraction of sp³-hybridized carbons (Fsp3) is 0.200. The summed E-state index contributed by atoms with van der Waals surface area (Å²) in [6.45, 7) is 2.55. The average molecular weight is 262 g/mol. The van der Waals surface area contributed by atoms with Gasteiger partial charge in [-0.3, -0.25) is 0 Å². The highest BCUT2D eigenvalue weighted by molar-refractivity contribution is 5.56. The summed E-state index contributed by atoms with van der Waals surface area (Å²) in [5.74, 6) is -1.09. The molecule has 0 aromatic heterocycles. The third-order valence-corrected chi connectivity index (χ3v) is 2.76.